The van der Waals surface area contributed by atoms with Gasteiger partial charge in [-0.15, -0.1) is 10.2 Å². The third kappa shape index (κ3) is 3.29. The number of fused-ring (bicyclic) bond motifs is 1. The van der Waals surface area contributed by atoms with E-state index in [0.29, 0.717) is 11.6 Å². The van der Waals surface area contributed by atoms with Crippen molar-refractivity contribution < 1.29 is 4.79 Å². The topological polar surface area (TPSA) is 66.8 Å². The van der Waals surface area contributed by atoms with Gasteiger partial charge in [-0.2, -0.15) is 0 Å². The molecule has 1 aliphatic heterocycles. The second-order valence-electron chi connectivity index (χ2n) is 6.68. The summed E-state index contributed by atoms with van der Waals surface area (Å²) in [5.41, 5.74) is 1.71. The molecular formula is C18H20IN5O. The molecule has 6 nitrogen and oxygen atoms in total. The molecule has 4 rings (SSSR count). The van der Waals surface area contributed by atoms with Crippen LogP contribution < -0.4 is 0 Å². The van der Waals surface area contributed by atoms with Gasteiger partial charge in [-0.3, -0.25) is 4.79 Å². The molecule has 0 unspecified atom stereocenters. The van der Waals surface area contributed by atoms with E-state index in [2.05, 4.69) is 43.8 Å². The number of likely N-dealkylation sites (tertiary alicyclic amines) is 1. The number of aromatic amines is 1. The molecule has 7 heteroatoms. The van der Waals surface area contributed by atoms with Crippen LogP contribution in [0.1, 0.15) is 29.2 Å². The number of aromatic nitrogens is 4. The fraction of sp³-hybridized carbons (Fsp3) is 0.389. The van der Waals surface area contributed by atoms with Crippen molar-refractivity contribution >= 4 is 39.4 Å². The molecule has 25 heavy (non-hydrogen) atoms. The predicted molar refractivity (Wildman–Crippen MR) is 104 cm³/mol. The molecular weight excluding hydrogens is 429 g/mol. The van der Waals surface area contributed by atoms with Crippen molar-refractivity contribution in [3.05, 3.63) is 45.7 Å². The van der Waals surface area contributed by atoms with Crippen molar-refractivity contribution in [2.45, 2.75) is 19.3 Å². The Morgan fingerprint density at radius 1 is 1.36 bits per heavy atom. The summed E-state index contributed by atoms with van der Waals surface area (Å²) in [6.07, 6.45) is 4.70. The van der Waals surface area contributed by atoms with Crippen LogP contribution in [0.25, 0.3) is 10.9 Å². The van der Waals surface area contributed by atoms with Crippen molar-refractivity contribution in [2.24, 2.45) is 13.0 Å². The standard InChI is InChI=1S/C18H20IN5O/c1-23-11-20-22-17(23)9-12-5-7-24(8-6-12)18(25)16-10-13-14(19)3-2-4-15(13)21-16/h2-4,10-12,21H,5-9H2,1H3. The molecule has 1 amide bonds. The van der Waals surface area contributed by atoms with E-state index in [4.69, 9.17) is 0 Å². The monoisotopic (exact) mass is 449 g/mol. The van der Waals surface area contributed by atoms with Gasteiger partial charge in [0.15, 0.2) is 0 Å². The van der Waals surface area contributed by atoms with E-state index in [1.807, 2.05) is 34.7 Å². The highest BCUT2D eigenvalue weighted by Gasteiger charge is 2.25. The number of carbonyl (C=O) groups excluding carboxylic acids is 1. The molecule has 0 aliphatic carbocycles. The molecule has 1 N–H and O–H groups in total. The maximum atomic E-state index is 12.8. The van der Waals surface area contributed by atoms with Gasteiger partial charge in [0, 0.05) is 41.0 Å². The minimum Gasteiger partial charge on any atom is -0.350 e. The Kier molecular flexibility index (Phi) is 4.49. The number of piperidine rings is 1. The Labute approximate surface area is 159 Å². The Morgan fingerprint density at radius 3 is 2.84 bits per heavy atom. The first-order chi connectivity index (χ1) is 12.1. The fourth-order valence-corrected chi connectivity index (χ4v) is 4.15. The van der Waals surface area contributed by atoms with Gasteiger partial charge in [-0.05, 0) is 59.5 Å². The first-order valence-electron chi connectivity index (χ1n) is 8.51. The molecule has 3 aromatic rings. The highest BCUT2D eigenvalue weighted by Crippen LogP contribution is 2.25. The summed E-state index contributed by atoms with van der Waals surface area (Å²) in [5.74, 6) is 1.69. The second kappa shape index (κ2) is 6.78. The third-order valence-electron chi connectivity index (χ3n) is 5.02. The van der Waals surface area contributed by atoms with Crippen LogP contribution in [-0.4, -0.2) is 43.6 Å². The first-order valence-corrected chi connectivity index (χ1v) is 9.59. The summed E-state index contributed by atoms with van der Waals surface area (Å²) in [6.45, 7) is 1.60. The van der Waals surface area contributed by atoms with E-state index >= 15 is 0 Å². The number of benzene rings is 1. The van der Waals surface area contributed by atoms with Crippen LogP contribution in [0.15, 0.2) is 30.6 Å². The lowest BCUT2D eigenvalue weighted by Crippen LogP contribution is -2.39. The summed E-state index contributed by atoms with van der Waals surface area (Å²) in [7, 11) is 1.98. The van der Waals surface area contributed by atoms with Crippen LogP contribution in [0, 0.1) is 9.49 Å². The predicted octanol–water partition coefficient (Wildman–Crippen LogP) is 3.00. The number of nitrogens with one attached hydrogen (secondary N) is 1. The summed E-state index contributed by atoms with van der Waals surface area (Å²) in [6, 6.07) is 8.06. The number of hydrogen-bond acceptors (Lipinski definition) is 3. The van der Waals surface area contributed by atoms with Crippen LogP contribution in [0.5, 0.6) is 0 Å². The number of carbonyl (C=O) groups is 1. The molecule has 1 aromatic carbocycles. The second-order valence-corrected chi connectivity index (χ2v) is 7.84. The summed E-state index contributed by atoms with van der Waals surface area (Å²) in [5, 5.41) is 9.23. The third-order valence-corrected chi connectivity index (χ3v) is 5.96. The molecule has 2 aromatic heterocycles. The Morgan fingerprint density at radius 2 is 2.16 bits per heavy atom. The number of rotatable bonds is 3. The number of H-pyrrole nitrogens is 1. The largest absolute Gasteiger partial charge is 0.350 e. The van der Waals surface area contributed by atoms with E-state index in [9.17, 15) is 4.79 Å². The highest BCUT2D eigenvalue weighted by atomic mass is 127. The molecule has 3 heterocycles. The smallest absolute Gasteiger partial charge is 0.270 e. The van der Waals surface area contributed by atoms with Crippen molar-refractivity contribution in [3.63, 3.8) is 0 Å². The Hall–Kier alpha value is -1.90. The molecule has 1 aliphatic rings. The zero-order valence-electron chi connectivity index (χ0n) is 14.1. The van der Waals surface area contributed by atoms with Crippen LogP contribution in [0.4, 0.5) is 0 Å². The molecule has 0 spiro atoms. The normalized spacial score (nSPS) is 15.8. The van der Waals surface area contributed by atoms with E-state index in [1.165, 1.54) is 0 Å². The molecule has 0 atom stereocenters. The van der Waals surface area contributed by atoms with Gasteiger partial charge in [0.1, 0.15) is 17.8 Å². The number of aryl methyl sites for hydroxylation is 1. The molecule has 0 saturated carbocycles. The fourth-order valence-electron chi connectivity index (χ4n) is 3.49. The van der Waals surface area contributed by atoms with Crippen LogP contribution >= 0.6 is 22.6 Å². The molecule has 1 saturated heterocycles. The lowest BCUT2D eigenvalue weighted by atomic mass is 9.93. The zero-order chi connectivity index (χ0) is 17.4. The Balaban J connectivity index is 1.42. The number of hydrogen-bond donors (Lipinski definition) is 1. The van der Waals surface area contributed by atoms with E-state index < -0.39 is 0 Å². The van der Waals surface area contributed by atoms with E-state index in [1.54, 1.807) is 6.33 Å². The molecule has 1 fully saturated rings. The zero-order valence-corrected chi connectivity index (χ0v) is 16.2. The van der Waals surface area contributed by atoms with Crippen molar-refractivity contribution in [1.82, 2.24) is 24.6 Å². The van der Waals surface area contributed by atoms with Crippen LogP contribution in [0.2, 0.25) is 0 Å². The van der Waals surface area contributed by atoms with Gasteiger partial charge in [0.2, 0.25) is 0 Å². The number of halogens is 1. The highest BCUT2D eigenvalue weighted by molar-refractivity contribution is 14.1. The van der Waals surface area contributed by atoms with Gasteiger partial charge in [-0.1, -0.05) is 6.07 Å². The van der Waals surface area contributed by atoms with Gasteiger partial charge < -0.3 is 14.5 Å². The first kappa shape index (κ1) is 16.6. The van der Waals surface area contributed by atoms with E-state index in [0.717, 1.165) is 52.6 Å². The maximum Gasteiger partial charge on any atom is 0.270 e. The molecule has 0 radical (unpaired) electrons. The quantitative estimate of drug-likeness (QED) is 0.626. The minimum absolute atomic E-state index is 0.101. The SMILES string of the molecule is Cn1cnnc1CC1CCN(C(=O)c2cc3c(I)cccc3[nH]2)CC1. The van der Waals surface area contributed by atoms with Crippen molar-refractivity contribution in [1.29, 1.82) is 0 Å². The van der Waals surface area contributed by atoms with Crippen LogP contribution in [-0.2, 0) is 13.5 Å². The minimum atomic E-state index is 0.101. The lowest BCUT2D eigenvalue weighted by Gasteiger charge is -2.31. The van der Waals surface area contributed by atoms with Gasteiger partial charge >= 0.3 is 0 Å². The van der Waals surface area contributed by atoms with Crippen molar-refractivity contribution in [3.8, 4) is 0 Å². The lowest BCUT2D eigenvalue weighted by molar-refractivity contribution is 0.0684. The maximum absolute atomic E-state index is 12.8. The van der Waals surface area contributed by atoms with Gasteiger partial charge in [0.25, 0.3) is 5.91 Å². The van der Waals surface area contributed by atoms with Crippen molar-refractivity contribution in [2.75, 3.05) is 13.1 Å². The summed E-state index contributed by atoms with van der Waals surface area (Å²) < 4.78 is 3.14. The average molecular weight is 449 g/mol. The van der Waals surface area contributed by atoms with E-state index in [-0.39, 0.29) is 5.91 Å². The number of amides is 1. The Bertz CT molecular complexity index is 907. The summed E-state index contributed by atoms with van der Waals surface area (Å²) in [4.78, 5) is 18.1. The summed E-state index contributed by atoms with van der Waals surface area (Å²) >= 11 is 2.31. The molecule has 0 bridgehead atoms. The van der Waals surface area contributed by atoms with Gasteiger partial charge in [0.05, 0.1) is 0 Å². The van der Waals surface area contributed by atoms with Gasteiger partial charge in [-0.25, -0.2) is 0 Å². The molecule has 130 valence electrons. The van der Waals surface area contributed by atoms with Crippen LogP contribution in [0.3, 0.4) is 0 Å². The average Bonchev–Trinajstić information content (AvgIpc) is 3.23. The number of nitrogens with zero attached hydrogens (tertiary/aromatic N) is 4.